The van der Waals surface area contributed by atoms with E-state index in [-0.39, 0.29) is 0 Å². The van der Waals surface area contributed by atoms with E-state index in [1.165, 1.54) is 0 Å². The van der Waals surface area contributed by atoms with Gasteiger partial charge < -0.3 is 4.42 Å². The monoisotopic (exact) mass is 602 g/mol. The molecule has 0 unspecified atom stereocenters. The van der Waals surface area contributed by atoms with Gasteiger partial charge in [0, 0.05) is 33.0 Å². The summed E-state index contributed by atoms with van der Waals surface area (Å²) in [5.41, 5.74) is 9.56. The zero-order chi connectivity index (χ0) is 31.2. The van der Waals surface area contributed by atoms with Crippen LogP contribution in [0, 0.1) is 0 Å². The molecular weight excluding hydrogens is 576 g/mol. The van der Waals surface area contributed by atoms with Gasteiger partial charge in [0.15, 0.2) is 17.5 Å². The maximum absolute atomic E-state index is 6.26. The van der Waals surface area contributed by atoms with E-state index in [0.717, 1.165) is 66.2 Å². The second-order valence-corrected chi connectivity index (χ2v) is 11.5. The second-order valence-electron chi connectivity index (χ2n) is 11.5. The van der Waals surface area contributed by atoms with Crippen LogP contribution in [0.3, 0.4) is 0 Å². The van der Waals surface area contributed by atoms with Gasteiger partial charge in [0.25, 0.3) is 0 Å². The molecule has 0 N–H and O–H groups in total. The van der Waals surface area contributed by atoms with Crippen molar-refractivity contribution in [3.05, 3.63) is 158 Å². The molecule has 0 atom stereocenters. The molecule has 0 aliphatic rings. The topological polar surface area (TPSA) is 64.7 Å². The Labute approximate surface area is 270 Å². The van der Waals surface area contributed by atoms with Crippen molar-refractivity contribution < 1.29 is 4.42 Å². The van der Waals surface area contributed by atoms with Crippen LogP contribution in [-0.2, 0) is 0 Å². The number of furan rings is 1. The van der Waals surface area contributed by atoms with Crippen LogP contribution >= 0.6 is 0 Å². The Kier molecular flexibility index (Phi) is 6.39. The fourth-order valence-electron chi connectivity index (χ4n) is 6.31. The first-order chi connectivity index (χ1) is 23.3. The maximum Gasteiger partial charge on any atom is 0.228 e. The molecule has 0 amide bonds. The van der Waals surface area contributed by atoms with Crippen LogP contribution in [0.15, 0.2) is 162 Å². The molecule has 47 heavy (non-hydrogen) atoms. The van der Waals surface area contributed by atoms with Crippen molar-refractivity contribution >= 4 is 33.0 Å². The third kappa shape index (κ3) is 4.82. The standard InChI is InChI=1S/C42H26N4O/c1-3-13-27(14-4-1)39-44-40(28-15-5-2-6-16-28)46-41(45-39)32-20-12-18-30(26-32)29-17-11-19-31(25-29)37-33-21-7-9-23-35(33)43-42-38(37)34-22-8-10-24-36(34)47-42/h1-26H. The van der Waals surface area contributed by atoms with Crippen LogP contribution < -0.4 is 0 Å². The van der Waals surface area contributed by atoms with Gasteiger partial charge in [-0.3, -0.25) is 0 Å². The van der Waals surface area contributed by atoms with Crippen LogP contribution in [0.1, 0.15) is 0 Å². The normalized spacial score (nSPS) is 11.4. The molecule has 9 aromatic rings. The molecule has 0 spiro atoms. The van der Waals surface area contributed by atoms with Gasteiger partial charge in [-0.05, 0) is 41.0 Å². The molecule has 0 saturated carbocycles. The highest BCUT2D eigenvalue weighted by Crippen LogP contribution is 2.41. The van der Waals surface area contributed by atoms with Crippen molar-refractivity contribution in [2.45, 2.75) is 0 Å². The Hall–Kier alpha value is -6.46. The number of pyridine rings is 1. The predicted octanol–water partition coefficient (Wildman–Crippen LogP) is 10.7. The van der Waals surface area contributed by atoms with Crippen molar-refractivity contribution in [1.82, 2.24) is 19.9 Å². The fraction of sp³-hybridized carbons (Fsp3) is 0. The van der Waals surface area contributed by atoms with Gasteiger partial charge >= 0.3 is 0 Å². The lowest BCUT2D eigenvalue weighted by atomic mass is 9.93. The van der Waals surface area contributed by atoms with Crippen LogP contribution in [-0.4, -0.2) is 19.9 Å². The zero-order valence-corrected chi connectivity index (χ0v) is 25.2. The zero-order valence-electron chi connectivity index (χ0n) is 25.2. The number of hydrogen-bond donors (Lipinski definition) is 0. The Balaban J connectivity index is 1.20. The minimum Gasteiger partial charge on any atom is -0.438 e. The minimum absolute atomic E-state index is 0.627. The molecule has 6 aromatic carbocycles. The van der Waals surface area contributed by atoms with E-state index in [9.17, 15) is 0 Å². The number of fused-ring (bicyclic) bond motifs is 4. The lowest BCUT2D eigenvalue weighted by Crippen LogP contribution is -2.00. The van der Waals surface area contributed by atoms with Gasteiger partial charge in [-0.15, -0.1) is 0 Å². The molecule has 5 heteroatoms. The summed E-state index contributed by atoms with van der Waals surface area (Å²) in [4.78, 5) is 19.7. The van der Waals surface area contributed by atoms with Gasteiger partial charge in [0.2, 0.25) is 5.71 Å². The number of hydrogen-bond acceptors (Lipinski definition) is 5. The average molecular weight is 603 g/mol. The number of aromatic nitrogens is 4. The highest BCUT2D eigenvalue weighted by Gasteiger charge is 2.18. The van der Waals surface area contributed by atoms with Crippen LogP contribution in [0.4, 0.5) is 0 Å². The Morgan fingerprint density at radius 2 is 0.851 bits per heavy atom. The lowest BCUT2D eigenvalue weighted by molar-refractivity contribution is 0.656. The van der Waals surface area contributed by atoms with Gasteiger partial charge in [-0.25, -0.2) is 19.9 Å². The largest absolute Gasteiger partial charge is 0.438 e. The van der Waals surface area contributed by atoms with Gasteiger partial charge in [-0.1, -0.05) is 133 Å². The Bertz CT molecular complexity index is 2520. The summed E-state index contributed by atoms with van der Waals surface area (Å²) in [7, 11) is 0. The third-order valence-electron chi connectivity index (χ3n) is 8.53. The Morgan fingerprint density at radius 3 is 1.53 bits per heavy atom. The SMILES string of the molecule is c1ccc(-c2nc(-c3ccccc3)nc(-c3cccc(-c4cccc(-c5c6ccccc6nc6oc7ccccc7c56)c4)c3)n2)cc1. The molecule has 0 radical (unpaired) electrons. The van der Waals surface area contributed by atoms with Crippen LogP contribution in [0.5, 0.6) is 0 Å². The summed E-state index contributed by atoms with van der Waals surface area (Å²) in [5, 5.41) is 3.17. The summed E-state index contributed by atoms with van der Waals surface area (Å²) in [5.74, 6) is 1.91. The van der Waals surface area contributed by atoms with Crippen LogP contribution in [0.25, 0.3) is 89.4 Å². The molecule has 220 valence electrons. The van der Waals surface area contributed by atoms with E-state index >= 15 is 0 Å². The lowest BCUT2D eigenvalue weighted by Gasteiger charge is -2.12. The molecule has 0 aliphatic heterocycles. The maximum atomic E-state index is 6.26. The number of rotatable bonds is 5. The molecule has 0 bridgehead atoms. The number of benzene rings is 6. The smallest absolute Gasteiger partial charge is 0.228 e. The minimum atomic E-state index is 0.627. The first kappa shape index (κ1) is 26.9. The summed E-state index contributed by atoms with van der Waals surface area (Å²) >= 11 is 0. The van der Waals surface area contributed by atoms with Crippen molar-refractivity contribution in [1.29, 1.82) is 0 Å². The first-order valence-corrected chi connectivity index (χ1v) is 15.6. The molecule has 9 rings (SSSR count). The summed E-state index contributed by atoms with van der Waals surface area (Å²) in [6.07, 6.45) is 0. The first-order valence-electron chi connectivity index (χ1n) is 15.6. The fourth-order valence-corrected chi connectivity index (χ4v) is 6.31. The number of para-hydroxylation sites is 2. The third-order valence-corrected chi connectivity index (χ3v) is 8.53. The molecule has 3 aromatic heterocycles. The molecule has 0 saturated heterocycles. The summed E-state index contributed by atoms with van der Waals surface area (Å²) in [6, 6.07) is 53.6. The molecular formula is C42H26N4O. The number of nitrogens with zero attached hydrogens (tertiary/aromatic N) is 4. The van der Waals surface area contributed by atoms with E-state index in [2.05, 4.69) is 66.7 Å². The van der Waals surface area contributed by atoms with E-state index < -0.39 is 0 Å². The molecule has 3 heterocycles. The van der Waals surface area contributed by atoms with Crippen LogP contribution in [0.2, 0.25) is 0 Å². The quantitative estimate of drug-likeness (QED) is 0.196. The van der Waals surface area contributed by atoms with E-state index in [1.807, 2.05) is 91.0 Å². The van der Waals surface area contributed by atoms with E-state index in [4.69, 9.17) is 24.4 Å². The Morgan fingerprint density at radius 1 is 0.362 bits per heavy atom. The van der Waals surface area contributed by atoms with E-state index in [0.29, 0.717) is 23.2 Å². The molecule has 0 fully saturated rings. The van der Waals surface area contributed by atoms with Crippen molar-refractivity contribution in [3.8, 4) is 56.4 Å². The van der Waals surface area contributed by atoms with E-state index in [1.54, 1.807) is 0 Å². The van der Waals surface area contributed by atoms with Crippen molar-refractivity contribution in [2.75, 3.05) is 0 Å². The predicted molar refractivity (Wildman–Crippen MR) is 190 cm³/mol. The summed E-state index contributed by atoms with van der Waals surface area (Å²) < 4.78 is 6.26. The molecule has 5 nitrogen and oxygen atoms in total. The average Bonchev–Trinajstić information content (AvgIpc) is 3.52. The highest BCUT2D eigenvalue weighted by molar-refractivity contribution is 6.18. The summed E-state index contributed by atoms with van der Waals surface area (Å²) in [6.45, 7) is 0. The van der Waals surface area contributed by atoms with Gasteiger partial charge in [0.1, 0.15) is 5.58 Å². The second kappa shape index (κ2) is 11.2. The van der Waals surface area contributed by atoms with Crippen molar-refractivity contribution in [2.24, 2.45) is 0 Å². The van der Waals surface area contributed by atoms with Crippen molar-refractivity contribution in [3.63, 3.8) is 0 Å². The van der Waals surface area contributed by atoms with Gasteiger partial charge in [-0.2, -0.15) is 0 Å². The molecule has 0 aliphatic carbocycles. The highest BCUT2D eigenvalue weighted by atomic mass is 16.3. The van der Waals surface area contributed by atoms with Gasteiger partial charge in [0.05, 0.1) is 10.9 Å².